The van der Waals surface area contributed by atoms with Crippen molar-refractivity contribution < 1.29 is 19.5 Å². The normalized spacial score (nSPS) is 24.2. The Labute approximate surface area is 74.5 Å². The van der Waals surface area contributed by atoms with Crippen LogP contribution in [-0.2, 0) is 14.4 Å². The second kappa shape index (κ2) is 3.53. The number of aliphatic carboxylic acids is 1. The van der Waals surface area contributed by atoms with Crippen LogP contribution in [0.25, 0.3) is 0 Å². The molecule has 0 bridgehead atoms. The van der Waals surface area contributed by atoms with E-state index >= 15 is 0 Å². The molecule has 0 aromatic rings. The monoisotopic (exact) mass is 186 g/mol. The zero-order valence-electron chi connectivity index (χ0n) is 7.11. The van der Waals surface area contributed by atoms with E-state index in [0.29, 0.717) is 0 Å². The van der Waals surface area contributed by atoms with E-state index in [1.165, 1.54) is 4.90 Å². The minimum absolute atomic E-state index is 0.0425. The van der Waals surface area contributed by atoms with Crippen LogP contribution in [0, 0.1) is 0 Å². The van der Waals surface area contributed by atoms with Gasteiger partial charge in [-0.2, -0.15) is 0 Å². The number of nitrogens with zero attached hydrogens (tertiary/aromatic N) is 1. The molecule has 6 heteroatoms. The van der Waals surface area contributed by atoms with Crippen LogP contribution in [0.3, 0.4) is 0 Å². The quantitative estimate of drug-likeness (QED) is 0.508. The molecule has 0 aliphatic carbocycles. The first-order valence-electron chi connectivity index (χ1n) is 3.80. The Bertz CT molecular complexity index is 261. The summed E-state index contributed by atoms with van der Waals surface area (Å²) in [7, 11) is 0. The van der Waals surface area contributed by atoms with Crippen molar-refractivity contribution in [3.05, 3.63) is 0 Å². The summed E-state index contributed by atoms with van der Waals surface area (Å²) in [6, 6.07) is -0.561. The van der Waals surface area contributed by atoms with E-state index in [1.54, 1.807) is 6.92 Å². The van der Waals surface area contributed by atoms with Crippen LogP contribution >= 0.6 is 0 Å². The minimum Gasteiger partial charge on any atom is -0.480 e. The van der Waals surface area contributed by atoms with Crippen molar-refractivity contribution in [2.45, 2.75) is 13.0 Å². The van der Waals surface area contributed by atoms with E-state index in [0.717, 1.165) is 0 Å². The fourth-order valence-corrected chi connectivity index (χ4v) is 1.14. The molecule has 0 saturated carbocycles. The number of amides is 2. The number of piperazine rings is 1. The second-order valence-electron chi connectivity index (χ2n) is 2.89. The lowest BCUT2D eigenvalue weighted by molar-refractivity contribution is -0.144. The lowest BCUT2D eigenvalue weighted by Crippen LogP contribution is -2.57. The molecule has 2 N–H and O–H groups in total. The highest BCUT2D eigenvalue weighted by atomic mass is 16.4. The summed E-state index contributed by atoms with van der Waals surface area (Å²) in [5, 5.41) is 10.6. The summed E-state index contributed by atoms with van der Waals surface area (Å²) in [5.74, 6) is -1.95. The number of rotatable bonds is 2. The van der Waals surface area contributed by atoms with Crippen LogP contribution in [0.1, 0.15) is 6.92 Å². The predicted molar refractivity (Wildman–Crippen MR) is 41.8 cm³/mol. The molecule has 6 nitrogen and oxygen atoms in total. The van der Waals surface area contributed by atoms with Gasteiger partial charge in [-0.05, 0) is 6.92 Å². The van der Waals surface area contributed by atoms with Crippen LogP contribution in [0.5, 0.6) is 0 Å². The van der Waals surface area contributed by atoms with E-state index in [9.17, 15) is 14.4 Å². The molecule has 72 valence electrons. The Morgan fingerprint density at radius 2 is 2.31 bits per heavy atom. The fraction of sp³-hybridized carbons (Fsp3) is 0.571. The van der Waals surface area contributed by atoms with Crippen molar-refractivity contribution >= 4 is 17.8 Å². The molecule has 1 fully saturated rings. The summed E-state index contributed by atoms with van der Waals surface area (Å²) in [4.78, 5) is 33.5. The molecule has 1 aliphatic rings. The van der Waals surface area contributed by atoms with Crippen LogP contribution in [0.4, 0.5) is 0 Å². The SMILES string of the molecule is CC1C(=O)NC(=O)CN1CC(=O)O. The van der Waals surface area contributed by atoms with Gasteiger partial charge in [-0.1, -0.05) is 0 Å². The highest BCUT2D eigenvalue weighted by Gasteiger charge is 2.30. The Morgan fingerprint density at radius 3 is 2.85 bits per heavy atom. The van der Waals surface area contributed by atoms with Crippen molar-refractivity contribution in [2.75, 3.05) is 13.1 Å². The Balaban J connectivity index is 2.66. The van der Waals surface area contributed by atoms with Crippen LogP contribution in [-0.4, -0.2) is 46.9 Å². The molecular formula is C7H10N2O4. The van der Waals surface area contributed by atoms with E-state index in [2.05, 4.69) is 5.32 Å². The molecule has 0 spiro atoms. The van der Waals surface area contributed by atoms with Crippen LogP contribution in [0.2, 0.25) is 0 Å². The average molecular weight is 186 g/mol. The van der Waals surface area contributed by atoms with Crippen molar-refractivity contribution in [2.24, 2.45) is 0 Å². The van der Waals surface area contributed by atoms with Crippen molar-refractivity contribution in [1.82, 2.24) is 10.2 Å². The Hall–Kier alpha value is -1.43. The van der Waals surface area contributed by atoms with Gasteiger partial charge in [0.25, 0.3) is 0 Å². The summed E-state index contributed by atoms with van der Waals surface area (Å²) >= 11 is 0. The van der Waals surface area contributed by atoms with Gasteiger partial charge in [0.1, 0.15) is 0 Å². The molecule has 1 unspecified atom stereocenters. The number of carbonyl (C=O) groups is 3. The number of hydrogen-bond acceptors (Lipinski definition) is 4. The van der Waals surface area contributed by atoms with Crippen molar-refractivity contribution in [3.8, 4) is 0 Å². The third-order valence-electron chi connectivity index (χ3n) is 1.87. The molecule has 1 saturated heterocycles. The van der Waals surface area contributed by atoms with E-state index < -0.39 is 23.8 Å². The van der Waals surface area contributed by atoms with Gasteiger partial charge in [-0.25, -0.2) is 0 Å². The maximum atomic E-state index is 11.0. The van der Waals surface area contributed by atoms with E-state index in [4.69, 9.17) is 5.11 Å². The molecule has 1 rings (SSSR count). The summed E-state index contributed by atoms with van der Waals surface area (Å²) < 4.78 is 0. The van der Waals surface area contributed by atoms with Crippen LogP contribution < -0.4 is 5.32 Å². The maximum Gasteiger partial charge on any atom is 0.317 e. The lowest BCUT2D eigenvalue weighted by atomic mass is 10.2. The number of nitrogens with one attached hydrogen (secondary N) is 1. The highest BCUT2D eigenvalue weighted by molar-refractivity contribution is 6.01. The van der Waals surface area contributed by atoms with Crippen molar-refractivity contribution in [1.29, 1.82) is 0 Å². The summed E-state index contributed by atoms with van der Waals surface area (Å²) in [6.07, 6.45) is 0. The molecule has 0 radical (unpaired) electrons. The van der Waals surface area contributed by atoms with Gasteiger partial charge in [0.2, 0.25) is 11.8 Å². The second-order valence-corrected chi connectivity index (χ2v) is 2.89. The molecule has 0 aromatic heterocycles. The van der Waals surface area contributed by atoms with E-state index in [1.807, 2.05) is 0 Å². The molecule has 0 aromatic carbocycles. The molecule has 1 atom stereocenters. The minimum atomic E-state index is -1.05. The first-order valence-corrected chi connectivity index (χ1v) is 3.80. The Kier molecular flexibility index (Phi) is 2.62. The number of carbonyl (C=O) groups excluding carboxylic acids is 2. The largest absolute Gasteiger partial charge is 0.480 e. The van der Waals surface area contributed by atoms with Gasteiger partial charge >= 0.3 is 5.97 Å². The predicted octanol–water partition coefficient (Wildman–Crippen LogP) is -1.58. The number of hydrogen-bond donors (Lipinski definition) is 2. The van der Waals surface area contributed by atoms with Gasteiger partial charge in [0.15, 0.2) is 0 Å². The maximum absolute atomic E-state index is 11.0. The molecular weight excluding hydrogens is 176 g/mol. The zero-order chi connectivity index (χ0) is 10.0. The first-order chi connectivity index (χ1) is 6.00. The zero-order valence-corrected chi connectivity index (χ0v) is 7.11. The number of carboxylic acids is 1. The summed E-state index contributed by atoms with van der Waals surface area (Å²) in [5.41, 5.74) is 0. The third-order valence-corrected chi connectivity index (χ3v) is 1.87. The number of carboxylic acid groups (broad SMARTS) is 1. The molecule has 1 heterocycles. The summed E-state index contributed by atoms with van der Waals surface area (Å²) in [6.45, 7) is 1.23. The van der Waals surface area contributed by atoms with Crippen LogP contribution in [0.15, 0.2) is 0 Å². The molecule has 1 aliphatic heterocycles. The first kappa shape index (κ1) is 9.66. The van der Waals surface area contributed by atoms with Gasteiger partial charge < -0.3 is 5.11 Å². The highest BCUT2D eigenvalue weighted by Crippen LogP contribution is 2.03. The van der Waals surface area contributed by atoms with Gasteiger partial charge in [-0.3, -0.25) is 24.6 Å². The molecule has 2 amide bonds. The average Bonchev–Trinajstić information content (AvgIpc) is 1.98. The smallest absolute Gasteiger partial charge is 0.317 e. The van der Waals surface area contributed by atoms with Gasteiger partial charge in [0.05, 0.1) is 19.1 Å². The fourth-order valence-electron chi connectivity index (χ4n) is 1.14. The lowest BCUT2D eigenvalue weighted by Gasteiger charge is -2.29. The van der Waals surface area contributed by atoms with Gasteiger partial charge in [-0.15, -0.1) is 0 Å². The van der Waals surface area contributed by atoms with E-state index in [-0.39, 0.29) is 13.1 Å². The Morgan fingerprint density at radius 1 is 1.69 bits per heavy atom. The van der Waals surface area contributed by atoms with Gasteiger partial charge in [0, 0.05) is 0 Å². The third kappa shape index (κ3) is 2.25. The standard InChI is InChI=1S/C7H10N2O4/c1-4-7(13)8-5(10)2-9(4)3-6(11)12/h4H,2-3H2,1H3,(H,11,12)(H,8,10,13). The molecule has 13 heavy (non-hydrogen) atoms. The number of imide groups is 1. The van der Waals surface area contributed by atoms with Crippen molar-refractivity contribution in [3.63, 3.8) is 0 Å². The topological polar surface area (TPSA) is 86.7 Å².